The number of phenolic OH excluding ortho intramolecular Hbond substituents is 1. The zero-order chi connectivity index (χ0) is 11.3. The van der Waals surface area contributed by atoms with Crippen molar-refractivity contribution < 1.29 is 10.2 Å². The molecule has 0 heterocycles. The van der Waals surface area contributed by atoms with E-state index in [1.807, 2.05) is 12.1 Å². The number of benzene rings is 1. The van der Waals surface area contributed by atoms with Gasteiger partial charge in [-0.05, 0) is 12.0 Å². The average molecular weight is 209 g/mol. The molecule has 1 aromatic carbocycles. The fourth-order valence-electron chi connectivity index (χ4n) is 1.41. The highest BCUT2D eigenvalue weighted by Gasteiger charge is 2.11. The highest BCUT2D eigenvalue weighted by Crippen LogP contribution is 2.15. The van der Waals surface area contributed by atoms with E-state index in [1.54, 1.807) is 12.1 Å². The third kappa shape index (κ3) is 3.53. The Morgan fingerprint density at radius 2 is 1.93 bits per heavy atom. The highest BCUT2D eigenvalue weighted by molar-refractivity contribution is 5.31. The van der Waals surface area contributed by atoms with Crippen LogP contribution in [0.2, 0.25) is 0 Å². The summed E-state index contributed by atoms with van der Waals surface area (Å²) in [7, 11) is 0. The Hall–Kier alpha value is -1.06. The molecule has 84 valence electrons. The molecule has 0 aliphatic heterocycles. The van der Waals surface area contributed by atoms with E-state index < -0.39 is 0 Å². The lowest BCUT2D eigenvalue weighted by Gasteiger charge is -2.20. The average Bonchev–Trinajstić information content (AvgIpc) is 2.21. The number of para-hydroxylation sites is 1. The summed E-state index contributed by atoms with van der Waals surface area (Å²) in [5.41, 5.74) is 0.858. The van der Waals surface area contributed by atoms with Gasteiger partial charge < -0.3 is 15.5 Å². The predicted molar refractivity (Wildman–Crippen MR) is 60.7 cm³/mol. The van der Waals surface area contributed by atoms with Gasteiger partial charge in [-0.25, -0.2) is 0 Å². The fourth-order valence-corrected chi connectivity index (χ4v) is 1.41. The smallest absolute Gasteiger partial charge is 0.120 e. The van der Waals surface area contributed by atoms with Crippen molar-refractivity contribution in [3.8, 4) is 5.75 Å². The van der Waals surface area contributed by atoms with Gasteiger partial charge in [-0.15, -0.1) is 0 Å². The van der Waals surface area contributed by atoms with Crippen molar-refractivity contribution in [2.45, 2.75) is 26.4 Å². The van der Waals surface area contributed by atoms with Crippen molar-refractivity contribution >= 4 is 0 Å². The van der Waals surface area contributed by atoms with Gasteiger partial charge in [0.15, 0.2) is 0 Å². The maximum atomic E-state index is 9.53. The lowest BCUT2D eigenvalue weighted by atomic mass is 10.0. The monoisotopic (exact) mass is 209 g/mol. The summed E-state index contributed by atoms with van der Waals surface area (Å²) in [6.07, 6.45) is 0. The van der Waals surface area contributed by atoms with Crippen LogP contribution in [0.25, 0.3) is 0 Å². The molecule has 0 aromatic heterocycles. The number of phenols is 1. The first-order valence-electron chi connectivity index (χ1n) is 5.26. The third-order valence-electron chi connectivity index (χ3n) is 2.55. The first-order valence-corrected chi connectivity index (χ1v) is 5.26. The highest BCUT2D eigenvalue weighted by atomic mass is 16.3. The lowest BCUT2D eigenvalue weighted by Crippen LogP contribution is -2.36. The summed E-state index contributed by atoms with van der Waals surface area (Å²) in [6, 6.07) is 7.30. The first kappa shape index (κ1) is 12.0. The quantitative estimate of drug-likeness (QED) is 0.689. The number of hydrogen-bond acceptors (Lipinski definition) is 3. The number of nitrogens with one attached hydrogen (secondary N) is 1. The van der Waals surface area contributed by atoms with Crippen LogP contribution in [0, 0.1) is 5.92 Å². The Bertz CT molecular complexity index is 299. The molecule has 0 spiro atoms. The van der Waals surface area contributed by atoms with Crippen molar-refractivity contribution in [1.82, 2.24) is 5.32 Å². The molecule has 1 atom stereocenters. The van der Waals surface area contributed by atoms with E-state index in [0.717, 1.165) is 5.56 Å². The third-order valence-corrected chi connectivity index (χ3v) is 2.55. The molecule has 0 saturated carbocycles. The Labute approximate surface area is 90.8 Å². The normalized spacial score (nSPS) is 13.1. The number of aromatic hydroxyl groups is 1. The van der Waals surface area contributed by atoms with Gasteiger partial charge in [-0.2, -0.15) is 0 Å². The van der Waals surface area contributed by atoms with Gasteiger partial charge in [-0.1, -0.05) is 32.0 Å². The molecule has 0 saturated heterocycles. The minimum absolute atomic E-state index is 0.0737. The Balaban J connectivity index is 2.53. The summed E-state index contributed by atoms with van der Waals surface area (Å²) in [5.74, 6) is 0.673. The maximum absolute atomic E-state index is 9.53. The molecule has 0 fully saturated rings. The van der Waals surface area contributed by atoms with Crippen LogP contribution in [0.3, 0.4) is 0 Å². The molecular weight excluding hydrogens is 190 g/mol. The van der Waals surface area contributed by atoms with Crippen molar-refractivity contribution in [2.75, 3.05) is 6.61 Å². The minimum atomic E-state index is 0.0737. The molecule has 0 aliphatic carbocycles. The molecule has 0 amide bonds. The molecule has 1 aromatic rings. The van der Waals surface area contributed by atoms with E-state index in [-0.39, 0.29) is 12.6 Å². The Morgan fingerprint density at radius 3 is 2.47 bits per heavy atom. The Morgan fingerprint density at radius 1 is 1.27 bits per heavy atom. The largest absolute Gasteiger partial charge is 0.508 e. The molecule has 3 N–H and O–H groups in total. The van der Waals surface area contributed by atoms with Gasteiger partial charge in [0, 0.05) is 18.2 Å². The van der Waals surface area contributed by atoms with Crippen LogP contribution < -0.4 is 5.32 Å². The molecule has 0 bridgehead atoms. The van der Waals surface area contributed by atoms with E-state index in [2.05, 4.69) is 19.2 Å². The molecule has 0 aliphatic rings. The van der Waals surface area contributed by atoms with Crippen molar-refractivity contribution in [3.05, 3.63) is 29.8 Å². The van der Waals surface area contributed by atoms with Gasteiger partial charge in [0.1, 0.15) is 5.75 Å². The molecule has 1 rings (SSSR count). The molecule has 3 heteroatoms. The standard InChI is InChI=1S/C12H19NO2/c1-9(2)11(8-14)13-7-10-5-3-4-6-12(10)15/h3-6,9,11,13-15H,7-8H2,1-2H3. The van der Waals surface area contributed by atoms with Crippen LogP contribution in [-0.4, -0.2) is 22.9 Å². The van der Waals surface area contributed by atoms with Gasteiger partial charge in [0.05, 0.1) is 6.61 Å². The molecule has 3 nitrogen and oxygen atoms in total. The zero-order valence-corrected chi connectivity index (χ0v) is 9.27. The molecule has 15 heavy (non-hydrogen) atoms. The number of aliphatic hydroxyl groups excluding tert-OH is 1. The maximum Gasteiger partial charge on any atom is 0.120 e. The number of aliphatic hydroxyl groups is 1. The van der Waals surface area contributed by atoms with E-state index in [0.29, 0.717) is 18.2 Å². The zero-order valence-electron chi connectivity index (χ0n) is 9.27. The fraction of sp³-hybridized carbons (Fsp3) is 0.500. The summed E-state index contributed by atoms with van der Waals surface area (Å²) in [5, 5.41) is 21.9. The summed E-state index contributed by atoms with van der Waals surface area (Å²) in [4.78, 5) is 0. The predicted octanol–water partition coefficient (Wildman–Crippen LogP) is 1.50. The van der Waals surface area contributed by atoms with Crippen LogP contribution in [0.5, 0.6) is 5.75 Å². The van der Waals surface area contributed by atoms with E-state index in [4.69, 9.17) is 5.11 Å². The van der Waals surface area contributed by atoms with Crippen LogP contribution in [-0.2, 0) is 6.54 Å². The topological polar surface area (TPSA) is 52.5 Å². The van der Waals surface area contributed by atoms with Gasteiger partial charge in [0.25, 0.3) is 0 Å². The second-order valence-electron chi connectivity index (χ2n) is 4.04. The van der Waals surface area contributed by atoms with Crippen LogP contribution in [0.4, 0.5) is 0 Å². The van der Waals surface area contributed by atoms with Crippen LogP contribution in [0.15, 0.2) is 24.3 Å². The second kappa shape index (κ2) is 5.73. The van der Waals surface area contributed by atoms with E-state index in [1.165, 1.54) is 0 Å². The molecular formula is C12H19NO2. The number of hydrogen-bond donors (Lipinski definition) is 3. The Kier molecular flexibility index (Phi) is 4.59. The van der Waals surface area contributed by atoms with Crippen molar-refractivity contribution in [2.24, 2.45) is 5.92 Å². The minimum Gasteiger partial charge on any atom is -0.508 e. The van der Waals surface area contributed by atoms with E-state index in [9.17, 15) is 5.11 Å². The van der Waals surface area contributed by atoms with E-state index >= 15 is 0 Å². The number of rotatable bonds is 5. The van der Waals surface area contributed by atoms with Crippen LogP contribution in [0.1, 0.15) is 19.4 Å². The second-order valence-corrected chi connectivity index (χ2v) is 4.04. The van der Waals surface area contributed by atoms with Gasteiger partial charge >= 0.3 is 0 Å². The SMILES string of the molecule is CC(C)C(CO)NCc1ccccc1O. The lowest BCUT2D eigenvalue weighted by molar-refractivity contribution is 0.209. The van der Waals surface area contributed by atoms with Crippen LogP contribution >= 0.6 is 0 Å². The van der Waals surface area contributed by atoms with Gasteiger partial charge in [0.2, 0.25) is 0 Å². The summed E-state index contributed by atoms with van der Waals surface area (Å²) < 4.78 is 0. The summed E-state index contributed by atoms with van der Waals surface area (Å²) in [6.45, 7) is 4.80. The van der Waals surface area contributed by atoms with Gasteiger partial charge in [-0.3, -0.25) is 0 Å². The first-order chi connectivity index (χ1) is 7.15. The van der Waals surface area contributed by atoms with Crippen molar-refractivity contribution in [3.63, 3.8) is 0 Å². The molecule has 1 unspecified atom stereocenters. The summed E-state index contributed by atoms with van der Waals surface area (Å²) >= 11 is 0. The molecule has 0 radical (unpaired) electrons. The van der Waals surface area contributed by atoms with Crippen molar-refractivity contribution in [1.29, 1.82) is 0 Å².